The van der Waals surface area contributed by atoms with Crippen LogP contribution in [0.4, 0.5) is 4.39 Å². The van der Waals surface area contributed by atoms with Crippen LogP contribution in [0.3, 0.4) is 0 Å². The normalized spacial score (nSPS) is 11.6. The Labute approximate surface area is 170 Å². The highest BCUT2D eigenvalue weighted by Gasteiger charge is 2.13. The van der Waals surface area contributed by atoms with E-state index >= 15 is 0 Å². The number of ketones is 1. The molecule has 0 atom stereocenters. The van der Waals surface area contributed by atoms with E-state index in [-0.39, 0.29) is 11.6 Å². The minimum atomic E-state index is -0.293. The van der Waals surface area contributed by atoms with Crippen LogP contribution in [0.2, 0.25) is 0 Å². The van der Waals surface area contributed by atoms with Crippen molar-refractivity contribution in [2.24, 2.45) is 0 Å². The second-order valence-electron chi connectivity index (χ2n) is 6.67. The molecule has 5 heteroatoms. The number of benzene rings is 3. The summed E-state index contributed by atoms with van der Waals surface area (Å²) in [6.07, 6.45) is 5.27. The number of thiazole rings is 1. The Balaban J connectivity index is 1.54. The number of carbonyl (C=O) groups is 1. The van der Waals surface area contributed by atoms with Crippen LogP contribution in [0.5, 0.6) is 0 Å². The smallest absolute Gasteiger partial charge is 0.194 e. The lowest BCUT2D eigenvalue weighted by molar-refractivity contribution is 0.104. The maximum atomic E-state index is 13.3. The van der Waals surface area contributed by atoms with Gasteiger partial charge in [-0.05, 0) is 53.3 Å². The predicted octanol–water partition coefficient (Wildman–Crippen LogP) is 6.25. The van der Waals surface area contributed by atoms with Crippen LogP contribution < -0.4 is 0 Å². The Kier molecular flexibility index (Phi) is 4.30. The monoisotopic (exact) mass is 398 g/mol. The fourth-order valence-corrected chi connectivity index (χ4v) is 4.10. The maximum absolute atomic E-state index is 13.3. The quantitative estimate of drug-likeness (QED) is 0.265. The number of fused-ring (bicyclic) bond motifs is 2. The van der Waals surface area contributed by atoms with Gasteiger partial charge in [-0.1, -0.05) is 36.4 Å². The van der Waals surface area contributed by atoms with Crippen molar-refractivity contribution in [2.75, 3.05) is 0 Å². The molecule has 0 saturated carbocycles. The summed E-state index contributed by atoms with van der Waals surface area (Å²) in [6.45, 7) is 0. The molecule has 0 aliphatic rings. The molecule has 3 nitrogen and oxygen atoms in total. The van der Waals surface area contributed by atoms with Crippen molar-refractivity contribution in [3.8, 4) is 11.3 Å². The molecule has 3 aromatic carbocycles. The summed E-state index contributed by atoms with van der Waals surface area (Å²) in [5.41, 5.74) is 2.95. The van der Waals surface area contributed by atoms with E-state index in [1.165, 1.54) is 23.5 Å². The molecule has 2 aromatic heterocycles. The lowest BCUT2D eigenvalue weighted by Gasteiger charge is -2.02. The molecule has 0 fully saturated rings. The number of carbonyl (C=O) groups excluding carboxylic acids is 1. The van der Waals surface area contributed by atoms with Crippen LogP contribution >= 0.6 is 11.3 Å². The molecule has 0 aliphatic carbocycles. The zero-order chi connectivity index (χ0) is 19.8. The van der Waals surface area contributed by atoms with E-state index < -0.39 is 0 Å². The third-order valence-electron chi connectivity index (χ3n) is 4.84. The largest absolute Gasteiger partial charge is 0.290 e. The average Bonchev–Trinajstić information content (AvgIpc) is 3.34. The molecule has 5 rings (SSSR count). The summed E-state index contributed by atoms with van der Waals surface area (Å²) in [5, 5.41) is 4.07. The zero-order valence-corrected chi connectivity index (χ0v) is 16.1. The first-order valence-corrected chi connectivity index (χ1v) is 10.00. The van der Waals surface area contributed by atoms with E-state index in [4.69, 9.17) is 0 Å². The molecule has 2 heterocycles. The third-order valence-corrected chi connectivity index (χ3v) is 5.60. The molecule has 0 radical (unpaired) electrons. The first-order chi connectivity index (χ1) is 14.2. The summed E-state index contributed by atoms with van der Waals surface area (Å²) in [7, 11) is 0. The molecule has 5 aromatic rings. The molecule has 0 N–H and O–H groups in total. The van der Waals surface area contributed by atoms with Crippen molar-refractivity contribution in [2.45, 2.75) is 0 Å². The lowest BCUT2D eigenvalue weighted by atomic mass is 10.0. The second-order valence-corrected chi connectivity index (χ2v) is 7.54. The molecule has 140 valence electrons. The molecule has 29 heavy (non-hydrogen) atoms. The van der Waals surface area contributed by atoms with E-state index in [1.807, 2.05) is 58.4 Å². The van der Waals surface area contributed by atoms with Gasteiger partial charge in [0.05, 0.1) is 11.4 Å². The average molecular weight is 398 g/mol. The number of rotatable bonds is 4. The van der Waals surface area contributed by atoms with Gasteiger partial charge in [-0.15, -0.1) is 11.3 Å². The van der Waals surface area contributed by atoms with Gasteiger partial charge < -0.3 is 0 Å². The molecular weight excluding hydrogens is 383 g/mol. The van der Waals surface area contributed by atoms with Crippen molar-refractivity contribution < 1.29 is 9.18 Å². The fraction of sp³-hybridized carbons (Fsp3) is 0. The highest BCUT2D eigenvalue weighted by Crippen LogP contribution is 2.28. The third kappa shape index (κ3) is 3.26. The Morgan fingerprint density at radius 3 is 2.62 bits per heavy atom. The SMILES string of the molecule is O=C(C=Cc1c(-c2ccc(F)cc2)nc2sccn12)c1ccc2ccccc2c1. The van der Waals surface area contributed by atoms with Crippen LogP contribution in [0.15, 0.2) is 84.4 Å². The van der Waals surface area contributed by atoms with Gasteiger partial charge in [-0.25, -0.2) is 9.37 Å². The number of imidazole rings is 1. The molecule has 0 amide bonds. The maximum Gasteiger partial charge on any atom is 0.194 e. The van der Waals surface area contributed by atoms with Crippen LogP contribution in [0.1, 0.15) is 16.1 Å². The highest BCUT2D eigenvalue weighted by molar-refractivity contribution is 7.15. The number of nitrogens with zero attached hydrogens (tertiary/aromatic N) is 2. The molecular formula is C24H15FN2OS. The van der Waals surface area contributed by atoms with Crippen molar-refractivity contribution in [3.05, 3.63) is 101 Å². The van der Waals surface area contributed by atoms with E-state index in [1.54, 1.807) is 24.3 Å². The topological polar surface area (TPSA) is 34.4 Å². The van der Waals surface area contributed by atoms with Crippen LogP contribution in [-0.4, -0.2) is 15.2 Å². The number of halogens is 1. The van der Waals surface area contributed by atoms with Crippen molar-refractivity contribution in [1.82, 2.24) is 9.38 Å². The summed E-state index contributed by atoms with van der Waals surface area (Å²) in [4.78, 5) is 18.3. The second kappa shape index (κ2) is 7.11. The standard InChI is InChI=1S/C24H15FN2OS/c25-20-9-7-17(8-10-20)23-21(27-13-14-29-24(27)26-23)11-12-22(28)19-6-5-16-3-1-2-4-18(16)15-19/h1-15H. The van der Waals surface area contributed by atoms with Gasteiger partial charge in [0.25, 0.3) is 0 Å². The summed E-state index contributed by atoms with van der Waals surface area (Å²) >= 11 is 1.51. The Morgan fingerprint density at radius 1 is 1.00 bits per heavy atom. The summed E-state index contributed by atoms with van der Waals surface area (Å²) in [6, 6.07) is 19.9. The van der Waals surface area contributed by atoms with Gasteiger partial charge in [-0.2, -0.15) is 0 Å². The minimum absolute atomic E-state index is 0.0778. The number of hydrogen-bond donors (Lipinski definition) is 0. The minimum Gasteiger partial charge on any atom is -0.290 e. The van der Waals surface area contributed by atoms with E-state index in [2.05, 4.69) is 4.98 Å². The van der Waals surface area contributed by atoms with Crippen molar-refractivity contribution in [1.29, 1.82) is 0 Å². The number of aromatic nitrogens is 2. The fourth-order valence-electron chi connectivity index (χ4n) is 3.38. The molecule has 0 aliphatic heterocycles. The van der Waals surface area contributed by atoms with Gasteiger partial charge in [0, 0.05) is 22.7 Å². The van der Waals surface area contributed by atoms with Gasteiger partial charge in [0.1, 0.15) is 5.82 Å². The highest BCUT2D eigenvalue weighted by atomic mass is 32.1. The Hall–Kier alpha value is -3.57. The van der Waals surface area contributed by atoms with E-state index in [0.717, 1.165) is 32.7 Å². The summed E-state index contributed by atoms with van der Waals surface area (Å²) < 4.78 is 15.3. The number of hydrogen-bond acceptors (Lipinski definition) is 3. The molecule has 0 bridgehead atoms. The number of allylic oxidation sites excluding steroid dienone is 1. The molecule has 0 saturated heterocycles. The molecule has 0 unspecified atom stereocenters. The predicted molar refractivity (Wildman–Crippen MR) is 116 cm³/mol. The van der Waals surface area contributed by atoms with Crippen LogP contribution in [0, 0.1) is 5.82 Å². The van der Waals surface area contributed by atoms with E-state index in [9.17, 15) is 9.18 Å². The van der Waals surface area contributed by atoms with Crippen molar-refractivity contribution >= 4 is 38.9 Å². The zero-order valence-electron chi connectivity index (χ0n) is 15.2. The van der Waals surface area contributed by atoms with Gasteiger partial charge in [-0.3, -0.25) is 9.20 Å². The van der Waals surface area contributed by atoms with Crippen molar-refractivity contribution in [3.63, 3.8) is 0 Å². The van der Waals surface area contributed by atoms with E-state index in [0.29, 0.717) is 5.56 Å². The van der Waals surface area contributed by atoms with Crippen LogP contribution in [-0.2, 0) is 0 Å². The summed E-state index contributed by atoms with van der Waals surface area (Å²) in [5.74, 6) is -0.371. The Bertz CT molecular complexity index is 1380. The first kappa shape index (κ1) is 17.5. The van der Waals surface area contributed by atoms with Gasteiger partial charge >= 0.3 is 0 Å². The van der Waals surface area contributed by atoms with Crippen LogP contribution in [0.25, 0.3) is 33.1 Å². The van der Waals surface area contributed by atoms with Gasteiger partial charge in [0.15, 0.2) is 10.7 Å². The molecule has 0 spiro atoms. The Morgan fingerprint density at radius 2 is 1.79 bits per heavy atom. The van der Waals surface area contributed by atoms with Gasteiger partial charge in [0.2, 0.25) is 0 Å². The first-order valence-electron chi connectivity index (χ1n) is 9.12. The lowest BCUT2D eigenvalue weighted by Crippen LogP contribution is -1.95.